The Morgan fingerprint density at radius 3 is 2.25 bits per heavy atom. The van der Waals surface area contributed by atoms with Crippen molar-refractivity contribution < 1.29 is 18.1 Å². The van der Waals surface area contributed by atoms with Gasteiger partial charge < -0.3 is 5.32 Å². The molecule has 104 valence electrons. The minimum absolute atomic E-state index is 0.145. The highest BCUT2D eigenvalue weighted by molar-refractivity contribution is 14.1. The van der Waals surface area contributed by atoms with Gasteiger partial charge in [0.15, 0.2) is 17.3 Å². The monoisotopic (exact) mass is 394 g/mol. The molecule has 0 atom stereocenters. The summed E-state index contributed by atoms with van der Waals surface area (Å²) < 4.78 is 41.1. The lowest BCUT2D eigenvalue weighted by Gasteiger charge is -2.09. The van der Waals surface area contributed by atoms with Crippen molar-refractivity contribution in [1.82, 2.24) is 0 Å². The minimum Gasteiger partial charge on any atom is -0.347 e. The molecule has 0 aliphatic carbocycles. The van der Waals surface area contributed by atoms with Crippen molar-refractivity contribution in [1.29, 1.82) is 0 Å². The van der Waals surface area contributed by atoms with E-state index in [1.807, 2.05) is 22.6 Å². The van der Waals surface area contributed by atoms with Crippen LogP contribution in [0.4, 0.5) is 30.2 Å². The second kappa shape index (κ2) is 5.65. The van der Waals surface area contributed by atoms with Crippen LogP contribution in [0.15, 0.2) is 30.3 Å². The third kappa shape index (κ3) is 2.84. The van der Waals surface area contributed by atoms with Gasteiger partial charge >= 0.3 is 5.69 Å². The maximum absolute atomic E-state index is 13.7. The molecule has 0 aromatic heterocycles. The van der Waals surface area contributed by atoms with Crippen LogP contribution >= 0.6 is 22.6 Å². The molecule has 0 spiro atoms. The van der Waals surface area contributed by atoms with E-state index in [1.54, 1.807) is 12.1 Å². The van der Waals surface area contributed by atoms with Crippen molar-refractivity contribution in [2.45, 2.75) is 0 Å². The highest BCUT2D eigenvalue weighted by Crippen LogP contribution is 2.34. The summed E-state index contributed by atoms with van der Waals surface area (Å²) in [5.41, 5.74) is -1.70. The number of nitro groups is 1. The second-order valence-electron chi connectivity index (χ2n) is 3.77. The topological polar surface area (TPSA) is 55.2 Å². The molecule has 0 radical (unpaired) electrons. The van der Waals surface area contributed by atoms with E-state index in [0.29, 0.717) is 0 Å². The van der Waals surface area contributed by atoms with Crippen molar-refractivity contribution in [2.24, 2.45) is 0 Å². The standard InChI is InChI=1S/C12H6F3IN2O2/c13-8-5-9(14)12(18(19)20)11(10(8)15)17-7-3-1-6(16)2-4-7/h1-5,17H. The molecule has 20 heavy (non-hydrogen) atoms. The molecule has 0 heterocycles. The average Bonchev–Trinajstić information content (AvgIpc) is 2.37. The van der Waals surface area contributed by atoms with Crippen molar-refractivity contribution >= 4 is 39.7 Å². The number of nitrogens with one attached hydrogen (secondary N) is 1. The van der Waals surface area contributed by atoms with Crippen LogP contribution < -0.4 is 5.32 Å². The summed E-state index contributed by atoms with van der Waals surface area (Å²) in [6.45, 7) is 0. The number of rotatable bonds is 3. The highest BCUT2D eigenvalue weighted by Gasteiger charge is 2.27. The summed E-state index contributed by atoms with van der Waals surface area (Å²) in [7, 11) is 0. The SMILES string of the molecule is O=[N+]([O-])c1c(F)cc(F)c(F)c1Nc1ccc(I)cc1. The third-order valence-corrected chi connectivity index (χ3v) is 3.16. The Morgan fingerprint density at radius 2 is 1.70 bits per heavy atom. The summed E-state index contributed by atoms with van der Waals surface area (Å²) in [6.07, 6.45) is 0. The maximum Gasteiger partial charge on any atom is 0.331 e. The number of benzene rings is 2. The fraction of sp³-hybridized carbons (Fsp3) is 0. The van der Waals surface area contributed by atoms with Crippen molar-refractivity contribution in [3.8, 4) is 0 Å². The lowest BCUT2D eigenvalue weighted by atomic mass is 10.2. The Labute approximate surface area is 124 Å². The first-order valence-corrected chi connectivity index (χ1v) is 6.32. The zero-order valence-corrected chi connectivity index (χ0v) is 11.8. The van der Waals surface area contributed by atoms with Crippen molar-refractivity contribution in [2.75, 3.05) is 5.32 Å². The molecule has 0 amide bonds. The number of nitro benzene ring substituents is 1. The molecule has 2 rings (SSSR count). The maximum atomic E-state index is 13.7. The predicted octanol–water partition coefficient (Wildman–Crippen LogP) is 4.36. The lowest BCUT2D eigenvalue weighted by molar-refractivity contribution is -0.386. The average molecular weight is 394 g/mol. The van der Waals surface area contributed by atoms with E-state index < -0.39 is 33.7 Å². The molecule has 0 saturated heterocycles. The van der Waals surface area contributed by atoms with Gasteiger partial charge in [-0.05, 0) is 46.9 Å². The van der Waals surface area contributed by atoms with Crippen LogP contribution in [-0.4, -0.2) is 4.92 Å². The first-order valence-electron chi connectivity index (χ1n) is 5.24. The number of halogens is 4. The van der Waals surface area contributed by atoms with E-state index in [-0.39, 0.29) is 11.8 Å². The minimum atomic E-state index is -1.50. The van der Waals surface area contributed by atoms with Crippen LogP contribution in [0.2, 0.25) is 0 Å². The quantitative estimate of drug-likeness (QED) is 0.364. The molecule has 1 N–H and O–H groups in total. The van der Waals surface area contributed by atoms with Gasteiger partial charge in [0.25, 0.3) is 0 Å². The highest BCUT2D eigenvalue weighted by atomic mass is 127. The van der Waals surface area contributed by atoms with Gasteiger partial charge in [-0.3, -0.25) is 10.1 Å². The molecule has 8 heteroatoms. The van der Waals surface area contributed by atoms with E-state index in [0.717, 1.165) is 3.57 Å². The summed E-state index contributed by atoms with van der Waals surface area (Å²) in [6, 6.07) is 6.47. The zero-order chi connectivity index (χ0) is 14.9. The van der Waals surface area contributed by atoms with E-state index in [2.05, 4.69) is 5.32 Å². The van der Waals surface area contributed by atoms with E-state index in [1.165, 1.54) is 12.1 Å². The molecule has 0 aliphatic rings. The Morgan fingerprint density at radius 1 is 1.10 bits per heavy atom. The lowest BCUT2D eigenvalue weighted by Crippen LogP contribution is -2.04. The Balaban J connectivity index is 2.54. The van der Waals surface area contributed by atoms with Gasteiger partial charge in [-0.25, -0.2) is 8.78 Å². The van der Waals surface area contributed by atoms with Gasteiger partial charge in [0, 0.05) is 15.3 Å². The number of anilines is 2. The van der Waals surface area contributed by atoms with Gasteiger partial charge in [0.1, 0.15) is 0 Å². The van der Waals surface area contributed by atoms with E-state index in [9.17, 15) is 23.3 Å². The summed E-state index contributed by atoms with van der Waals surface area (Å²) in [5, 5.41) is 13.1. The molecule has 2 aromatic rings. The van der Waals surface area contributed by atoms with Crippen LogP contribution in [0.3, 0.4) is 0 Å². The molecule has 4 nitrogen and oxygen atoms in total. The Bertz CT molecular complexity index is 677. The number of hydrogen-bond donors (Lipinski definition) is 1. The zero-order valence-electron chi connectivity index (χ0n) is 9.66. The molecule has 0 aliphatic heterocycles. The first-order chi connectivity index (χ1) is 9.40. The van der Waals surface area contributed by atoms with Crippen LogP contribution in [0.25, 0.3) is 0 Å². The fourth-order valence-corrected chi connectivity index (χ4v) is 1.92. The van der Waals surface area contributed by atoms with E-state index in [4.69, 9.17) is 0 Å². The summed E-state index contributed by atoms with van der Waals surface area (Å²) >= 11 is 2.03. The Kier molecular flexibility index (Phi) is 4.12. The van der Waals surface area contributed by atoms with Crippen molar-refractivity contribution in [3.63, 3.8) is 0 Å². The predicted molar refractivity (Wildman–Crippen MR) is 75.4 cm³/mol. The van der Waals surface area contributed by atoms with Gasteiger partial charge in [0.05, 0.1) is 4.92 Å². The van der Waals surface area contributed by atoms with Crippen LogP contribution in [0, 0.1) is 31.1 Å². The number of hydrogen-bond acceptors (Lipinski definition) is 3. The third-order valence-electron chi connectivity index (χ3n) is 2.44. The Hall–Kier alpha value is -1.84. The van der Waals surface area contributed by atoms with Crippen LogP contribution in [0.1, 0.15) is 0 Å². The molecule has 2 aromatic carbocycles. The van der Waals surface area contributed by atoms with Gasteiger partial charge in [-0.2, -0.15) is 4.39 Å². The van der Waals surface area contributed by atoms with Gasteiger partial charge in [-0.15, -0.1) is 0 Å². The van der Waals surface area contributed by atoms with Crippen LogP contribution in [0.5, 0.6) is 0 Å². The molecular weight excluding hydrogens is 388 g/mol. The van der Waals surface area contributed by atoms with E-state index >= 15 is 0 Å². The van der Waals surface area contributed by atoms with Crippen molar-refractivity contribution in [3.05, 3.63) is 61.5 Å². The molecule has 0 bridgehead atoms. The molecule has 0 saturated carbocycles. The van der Waals surface area contributed by atoms with Crippen LogP contribution in [-0.2, 0) is 0 Å². The molecular formula is C12H6F3IN2O2. The first kappa shape index (κ1) is 14.6. The largest absolute Gasteiger partial charge is 0.347 e. The van der Waals surface area contributed by atoms with Gasteiger partial charge in [0.2, 0.25) is 5.82 Å². The fourth-order valence-electron chi connectivity index (χ4n) is 1.56. The number of nitrogens with zero attached hydrogens (tertiary/aromatic N) is 1. The normalized spacial score (nSPS) is 10.4. The second-order valence-corrected chi connectivity index (χ2v) is 5.01. The van der Waals surface area contributed by atoms with Gasteiger partial charge in [-0.1, -0.05) is 0 Å². The molecule has 0 fully saturated rings. The summed E-state index contributed by atoms with van der Waals surface area (Å²) in [5.74, 6) is -4.44. The smallest absolute Gasteiger partial charge is 0.331 e. The summed E-state index contributed by atoms with van der Waals surface area (Å²) in [4.78, 5) is 9.68. The molecule has 0 unspecified atom stereocenters.